The van der Waals surface area contributed by atoms with Gasteiger partial charge in [0.25, 0.3) is 0 Å². The van der Waals surface area contributed by atoms with Gasteiger partial charge in [0, 0.05) is 26.1 Å². The van der Waals surface area contributed by atoms with E-state index in [2.05, 4.69) is 41.7 Å². The predicted octanol–water partition coefficient (Wildman–Crippen LogP) is -6.02. The summed E-state index contributed by atoms with van der Waals surface area (Å²) in [5.41, 5.74) is 16.3. The zero-order valence-corrected chi connectivity index (χ0v) is 45.2. The highest BCUT2D eigenvalue weighted by molar-refractivity contribution is 7.46. The summed E-state index contributed by atoms with van der Waals surface area (Å²) in [7, 11) is -5.25. The number of primary amides is 1. The number of carboxylic acid groups (broad SMARTS) is 1. The Morgan fingerprint density at radius 1 is 0.667 bits per heavy atom. The number of unbranched alkanes of at least 4 members (excludes halogenated alkanes) is 1. The molecule has 3 aliphatic rings. The van der Waals surface area contributed by atoms with Crippen LogP contribution in [0.4, 0.5) is 0 Å². The lowest BCUT2D eigenvalue weighted by Gasteiger charge is -2.33. The minimum atomic E-state index is -5.25. The Morgan fingerprint density at radius 2 is 1.24 bits per heavy atom. The normalized spacial score (nSPS) is 20.4. The van der Waals surface area contributed by atoms with Crippen molar-refractivity contribution in [2.45, 2.75) is 165 Å². The molecule has 3 aliphatic heterocycles. The van der Waals surface area contributed by atoms with Gasteiger partial charge in [-0.1, -0.05) is 20.3 Å². The second kappa shape index (κ2) is 31.3. The van der Waals surface area contributed by atoms with E-state index in [-0.39, 0.29) is 58.2 Å². The third kappa shape index (κ3) is 19.8. The molecule has 11 atom stereocenters. The molecular formula is C46H78N13O18P. The number of aliphatic hydroxyl groups is 1. The molecule has 3 rings (SSSR count). The van der Waals surface area contributed by atoms with E-state index in [0.29, 0.717) is 45.1 Å². The summed E-state index contributed by atoms with van der Waals surface area (Å²) in [5.74, 6) is -11.0. The molecule has 32 heteroatoms. The van der Waals surface area contributed by atoms with Crippen LogP contribution in [0, 0.1) is 5.92 Å². The Hall–Kier alpha value is -6.37. The van der Waals surface area contributed by atoms with Gasteiger partial charge >= 0.3 is 13.8 Å². The molecule has 31 nitrogen and oxygen atoms in total. The van der Waals surface area contributed by atoms with Gasteiger partial charge in [0.1, 0.15) is 54.4 Å². The minimum Gasteiger partial charge on any atom is -0.480 e. The van der Waals surface area contributed by atoms with Gasteiger partial charge in [0.05, 0.1) is 25.8 Å². The summed E-state index contributed by atoms with van der Waals surface area (Å²) in [6.45, 7) is 3.73. The lowest BCUT2D eigenvalue weighted by atomic mass is 9.97. The Bertz CT molecular complexity index is 2240. The molecule has 440 valence electrons. The van der Waals surface area contributed by atoms with E-state index in [1.54, 1.807) is 6.92 Å². The molecule has 17 N–H and O–H groups in total. The number of aliphatic carboxylic acids is 1. The number of hydrogen-bond donors (Lipinski definition) is 14. The van der Waals surface area contributed by atoms with Gasteiger partial charge in [-0.05, 0) is 90.5 Å². The van der Waals surface area contributed by atoms with Crippen molar-refractivity contribution in [3.05, 3.63) is 0 Å². The van der Waals surface area contributed by atoms with E-state index in [9.17, 15) is 82.1 Å². The first-order valence-electron chi connectivity index (χ1n) is 25.9. The number of carboxylic acids is 1. The fraction of sp³-hybridized carbons (Fsp3) is 0.739. The highest BCUT2D eigenvalue weighted by Gasteiger charge is 2.45. The number of carbonyl (C=O) groups excluding carboxylic acids is 11. The third-order valence-corrected chi connectivity index (χ3v) is 14.2. The number of amides is 11. The number of carbonyl (C=O) groups is 12. The number of phosphoric acid groups is 1. The van der Waals surface area contributed by atoms with E-state index in [1.807, 2.05) is 0 Å². The number of phosphoric ester groups is 1. The standard InChI is InChI=1S/C46H78N13O18P/c1-5-24(2)36(56-40(66)30(23-77-78(74,75)76)55-37(63)25(3)51-38(64)27(48)15-16-34(49)61)43(69)54-29(22-60)39(65)50-21-35(62)57-18-8-12-31(57)41(67)52-26(4)44(70)59-20-10-14-33(59)45(71)58-19-9-13-32(58)42(68)53-28(46(72)73)11-6-7-17-47/h24-33,36,60H,5-23,47-48H2,1-4H3,(H2,49,61)(H,50,65)(H,51,64)(H,52,67)(H,53,68)(H,54,69)(H,55,63)(H,56,66)(H,72,73)(H2,74,75,76)/t24-,25-,26-,27-,28-,29-,30-,31-,32-,33-,36-/m0/s1. The van der Waals surface area contributed by atoms with Gasteiger partial charge in [-0.3, -0.25) is 57.3 Å². The van der Waals surface area contributed by atoms with E-state index >= 15 is 0 Å². The van der Waals surface area contributed by atoms with Crippen LogP contribution in [0.1, 0.15) is 105 Å². The summed E-state index contributed by atoms with van der Waals surface area (Å²) in [4.78, 5) is 180. The van der Waals surface area contributed by atoms with Crippen LogP contribution in [0.25, 0.3) is 0 Å². The van der Waals surface area contributed by atoms with Crippen molar-refractivity contribution in [3.63, 3.8) is 0 Å². The second-order valence-electron chi connectivity index (χ2n) is 19.6. The lowest BCUT2D eigenvalue weighted by Crippen LogP contribution is -2.61. The van der Waals surface area contributed by atoms with Gasteiger partial charge in [0.15, 0.2) is 0 Å². The quantitative estimate of drug-likeness (QED) is 0.0227. The Kier molecular flexibility index (Phi) is 26.4. The van der Waals surface area contributed by atoms with Gasteiger partial charge in [-0.15, -0.1) is 0 Å². The highest BCUT2D eigenvalue weighted by Crippen LogP contribution is 2.35. The van der Waals surface area contributed by atoms with Gasteiger partial charge in [-0.2, -0.15) is 0 Å². The Balaban J connectivity index is 1.61. The van der Waals surface area contributed by atoms with Crippen LogP contribution < -0.4 is 54.4 Å². The second-order valence-corrected chi connectivity index (χ2v) is 20.8. The number of aliphatic hydroxyl groups excluding tert-OH is 1. The number of nitrogens with two attached hydrogens (primary N) is 3. The van der Waals surface area contributed by atoms with Gasteiger partial charge in [-0.25, -0.2) is 9.36 Å². The molecule has 0 radical (unpaired) electrons. The van der Waals surface area contributed by atoms with E-state index < -0.39 is 165 Å². The highest BCUT2D eigenvalue weighted by atomic mass is 31.2. The van der Waals surface area contributed by atoms with Crippen molar-refractivity contribution in [2.75, 3.05) is 45.9 Å². The average molecular weight is 1130 g/mol. The maximum Gasteiger partial charge on any atom is 0.469 e. The monoisotopic (exact) mass is 1130 g/mol. The summed E-state index contributed by atoms with van der Waals surface area (Å²) >= 11 is 0. The SMILES string of the molecule is CC[C@H](C)[C@H](NC(=O)[C@H](COP(=O)(O)O)NC(=O)[C@H](C)NC(=O)[C@@H](N)CCC(N)=O)C(=O)N[C@@H](CO)C(=O)NCC(=O)N1CCC[C@H]1C(=O)N[C@@H](C)C(=O)N1CCC[C@H]1C(=O)N1CCC[C@H]1C(=O)N[C@@H](CCCCN)C(=O)O. The number of nitrogens with one attached hydrogen (secondary N) is 7. The molecule has 78 heavy (non-hydrogen) atoms. The van der Waals surface area contributed by atoms with Crippen molar-refractivity contribution in [3.8, 4) is 0 Å². The molecule has 3 saturated heterocycles. The van der Waals surface area contributed by atoms with Crippen molar-refractivity contribution >= 4 is 78.8 Å². The van der Waals surface area contributed by atoms with E-state index in [1.165, 1.54) is 35.5 Å². The first-order chi connectivity index (χ1) is 36.6. The number of nitrogens with zero attached hydrogens (tertiary/aromatic N) is 3. The maximum absolute atomic E-state index is 13.9. The fourth-order valence-corrected chi connectivity index (χ4v) is 9.37. The first kappa shape index (κ1) is 65.9. The van der Waals surface area contributed by atoms with Crippen molar-refractivity contribution in [1.29, 1.82) is 0 Å². The van der Waals surface area contributed by atoms with E-state index in [0.717, 1.165) is 0 Å². The number of likely N-dealkylation sites (tertiary alicyclic amines) is 3. The van der Waals surface area contributed by atoms with Crippen LogP contribution >= 0.6 is 7.82 Å². The first-order valence-corrected chi connectivity index (χ1v) is 27.5. The van der Waals surface area contributed by atoms with Crippen LogP contribution in [0.5, 0.6) is 0 Å². The zero-order chi connectivity index (χ0) is 58.6. The smallest absolute Gasteiger partial charge is 0.469 e. The fourth-order valence-electron chi connectivity index (χ4n) is 9.02. The largest absolute Gasteiger partial charge is 0.480 e. The Labute approximate surface area is 450 Å². The minimum absolute atomic E-state index is 0.0839. The molecule has 0 unspecified atom stereocenters. The van der Waals surface area contributed by atoms with Crippen LogP contribution in [0.15, 0.2) is 0 Å². The molecule has 0 saturated carbocycles. The average Bonchev–Trinajstić information content (AvgIpc) is 4.20. The van der Waals surface area contributed by atoms with E-state index in [4.69, 9.17) is 17.2 Å². The molecule has 0 aromatic heterocycles. The molecule has 3 fully saturated rings. The molecule has 11 amide bonds. The molecule has 3 heterocycles. The van der Waals surface area contributed by atoms with Crippen LogP contribution in [-0.2, 0) is 66.6 Å². The lowest BCUT2D eigenvalue weighted by molar-refractivity contribution is -0.149. The molecule has 0 bridgehead atoms. The van der Waals surface area contributed by atoms with Crippen LogP contribution in [0.2, 0.25) is 0 Å². The van der Waals surface area contributed by atoms with Crippen molar-refractivity contribution in [2.24, 2.45) is 23.1 Å². The zero-order valence-electron chi connectivity index (χ0n) is 44.3. The molecule has 0 aromatic rings. The van der Waals surface area contributed by atoms with Crippen molar-refractivity contribution in [1.82, 2.24) is 51.9 Å². The van der Waals surface area contributed by atoms with Gasteiger partial charge < -0.3 is 89.1 Å². The molecule has 0 spiro atoms. The molecule has 0 aliphatic carbocycles. The third-order valence-electron chi connectivity index (χ3n) is 13.7. The number of rotatable bonds is 31. The molecular weight excluding hydrogens is 1050 g/mol. The summed E-state index contributed by atoms with van der Waals surface area (Å²) < 4.78 is 16.0. The Morgan fingerprint density at radius 3 is 1.82 bits per heavy atom. The summed E-state index contributed by atoms with van der Waals surface area (Å²) in [6, 6.07) is -13.1. The summed E-state index contributed by atoms with van der Waals surface area (Å²) in [5, 5.41) is 36.4. The summed E-state index contributed by atoms with van der Waals surface area (Å²) in [6.07, 6.45) is 3.09. The topological polar surface area (TPSA) is 484 Å². The number of hydrogen-bond acceptors (Lipinski definition) is 17. The van der Waals surface area contributed by atoms with Crippen molar-refractivity contribution < 1.29 is 86.6 Å². The maximum atomic E-state index is 13.9. The molecule has 0 aromatic carbocycles. The predicted molar refractivity (Wildman–Crippen MR) is 272 cm³/mol. The van der Waals surface area contributed by atoms with Crippen LogP contribution in [0.3, 0.4) is 0 Å². The van der Waals surface area contributed by atoms with Crippen LogP contribution in [-0.4, -0.2) is 212 Å². The van der Waals surface area contributed by atoms with Gasteiger partial charge in [0.2, 0.25) is 65.0 Å².